The summed E-state index contributed by atoms with van der Waals surface area (Å²) in [5.74, 6) is 0.225. The van der Waals surface area contributed by atoms with Crippen LogP contribution in [0.2, 0.25) is 0 Å². The average Bonchev–Trinajstić information content (AvgIpc) is 2.82. The molecular formula is C14H21NO2S. The molecule has 0 unspecified atom stereocenters. The predicted octanol–water partition coefficient (Wildman–Crippen LogP) is 3.22. The topological polar surface area (TPSA) is 46.2 Å². The van der Waals surface area contributed by atoms with Crippen LogP contribution >= 0.6 is 0 Å². The lowest BCUT2D eigenvalue weighted by molar-refractivity contribution is 0.594. The van der Waals surface area contributed by atoms with Crippen molar-refractivity contribution < 1.29 is 8.42 Å². The molecule has 1 aliphatic rings. The van der Waals surface area contributed by atoms with E-state index < -0.39 is 9.84 Å². The van der Waals surface area contributed by atoms with Crippen molar-refractivity contribution in [2.45, 2.75) is 50.0 Å². The zero-order valence-electron chi connectivity index (χ0n) is 10.9. The average molecular weight is 267 g/mol. The first-order chi connectivity index (χ1) is 8.62. The number of rotatable bonds is 5. The van der Waals surface area contributed by atoms with Crippen LogP contribution in [0.25, 0.3) is 0 Å². The van der Waals surface area contributed by atoms with Crippen molar-refractivity contribution in [2.24, 2.45) is 0 Å². The summed E-state index contributed by atoms with van der Waals surface area (Å²) < 4.78 is 23.7. The van der Waals surface area contributed by atoms with Crippen molar-refractivity contribution >= 4 is 15.5 Å². The summed E-state index contributed by atoms with van der Waals surface area (Å²) in [5.41, 5.74) is 1.03. The van der Waals surface area contributed by atoms with Gasteiger partial charge in [0.15, 0.2) is 9.84 Å². The molecule has 0 saturated heterocycles. The quantitative estimate of drug-likeness (QED) is 0.891. The summed E-state index contributed by atoms with van der Waals surface area (Å²) >= 11 is 0. The molecule has 1 saturated carbocycles. The molecule has 0 aliphatic heterocycles. The molecule has 1 fully saturated rings. The minimum atomic E-state index is -3.08. The van der Waals surface area contributed by atoms with E-state index in [-0.39, 0.29) is 5.75 Å². The third-order valence-electron chi connectivity index (χ3n) is 3.41. The van der Waals surface area contributed by atoms with Gasteiger partial charge in [0, 0.05) is 11.7 Å². The summed E-state index contributed by atoms with van der Waals surface area (Å²) in [6, 6.07) is 7.73. The van der Waals surface area contributed by atoms with Crippen molar-refractivity contribution in [1.82, 2.24) is 0 Å². The fourth-order valence-electron chi connectivity index (χ4n) is 2.45. The van der Waals surface area contributed by atoms with Gasteiger partial charge in [-0.3, -0.25) is 0 Å². The van der Waals surface area contributed by atoms with Crippen LogP contribution in [0.4, 0.5) is 5.69 Å². The third-order valence-corrected chi connectivity index (χ3v) is 5.35. The van der Waals surface area contributed by atoms with Gasteiger partial charge >= 0.3 is 0 Å². The van der Waals surface area contributed by atoms with E-state index in [1.165, 1.54) is 25.7 Å². The molecule has 0 aromatic heterocycles. The van der Waals surface area contributed by atoms with Crippen molar-refractivity contribution in [2.75, 3.05) is 11.1 Å². The second-order valence-electron chi connectivity index (χ2n) is 4.97. The Balaban J connectivity index is 2.05. The maximum Gasteiger partial charge on any atom is 0.178 e. The minimum absolute atomic E-state index is 0.225. The predicted molar refractivity (Wildman–Crippen MR) is 74.7 cm³/mol. The standard InChI is InChI=1S/C14H21NO2S/c1-2-11-18(16,17)14-9-7-13(8-10-14)15-12-5-3-4-6-12/h7-10,12,15H,2-6,11H2,1H3. The first-order valence-corrected chi connectivity index (χ1v) is 8.36. The van der Waals surface area contributed by atoms with E-state index in [0.717, 1.165) is 5.69 Å². The van der Waals surface area contributed by atoms with Crippen molar-refractivity contribution in [1.29, 1.82) is 0 Å². The summed E-state index contributed by atoms with van der Waals surface area (Å²) in [6.45, 7) is 1.88. The molecule has 0 amide bonds. The number of benzene rings is 1. The fraction of sp³-hybridized carbons (Fsp3) is 0.571. The zero-order valence-corrected chi connectivity index (χ0v) is 11.7. The highest BCUT2D eigenvalue weighted by molar-refractivity contribution is 7.91. The number of nitrogens with one attached hydrogen (secondary N) is 1. The summed E-state index contributed by atoms with van der Waals surface area (Å²) in [5, 5.41) is 3.46. The van der Waals surface area contributed by atoms with Gasteiger partial charge in [0.2, 0.25) is 0 Å². The molecular weight excluding hydrogens is 246 g/mol. The molecule has 2 rings (SSSR count). The van der Waals surface area contributed by atoms with Gasteiger partial charge in [-0.2, -0.15) is 0 Å². The van der Waals surface area contributed by atoms with Crippen molar-refractivity contribution in [3.8, 4) is 0 Å². The molecule has 0 spiro atoms. The monoisotopic (exact) mass is 267 g/mol. The lowest BCUT2D eigenvalue weighted by Crippen LogP contribution is -2.14. The zero-order chi connectivity index (χ0) is 13.0. The number of hydrogen-bond donors (Lipinski definition) is 1. The van der Waals surface area contributed by atoms with Crippen LogP contribution < -0.4 is 5.32 Å². The number of anilines is 1. The Labute approximate surface area is 110 Å². The van der Waals surface area contributed by atoms with Gasteiger partial charge in [0.1, 0.15) is 0 Å². The van der Waals surface area contributed by atoms with Crippen LogP contribution in [0.3, 0.4) is 0 Å². The Morgan fingerprint density at radius 2 is 1.78 bits per heavy atom. The van der Waals surface area contributed by atoms with E-state index >= 15 is 0 Å². The van der Waals surface area contributed by atoms with Crippen LogP contribution in [-0.2, 0) is 9.84 Å². The molecule has 0 atom stereocenters. The molecule has 1 aromatic carbocycles. The molecule has 1 N–H and O–H groups in total. The summed E-state index contributed by atoms with van der Waals surface area (Å²) in [6.07, 6.45) is 5.68. The normalized spacial score (nSPS) is 16.9. The molecule has 4 heteroatoms. The maximum absolute atomic E-state index is 11.9. The van der Waals surface area contributed by atoms with E-state index in [4.69, 9.17) is 0 Å². The molecule has 0 bridgehead atoms. The van der Waals surface area contributed by atoms with E-state index in [9.17, 15) is 8.42 Å². The second kappa shape index (κ2) is 5.74. The van der Waals surface area contributed by atoms with Gasteiger partial charge < -0.3 is 5.32 Å². The Morgan fingerprint density at radius 1 is 1.17 bits per heavy atom. The molecule has 0 heterocycles. The van der Waals surface area contributed by atoms with E-state index in [1.54, 1.807) is 12.1 Å². The highest BCUT2D eigenvalue weighted by atomic mass is 32.2. The van der Waals surface area contributed by atoms with Crippen LogP contribution in [0.1, 0.15) is 39.0 Å². The van der Waals surface area contributed by atoms with Gasteiger partial charge in [-0.25, -0.2) is 8.42 Å². The van der Waals surface area contributed by atoms with Gasteiger partial charge in [0.25, 0.3) is 0 Å². The first-order valence-electron chi connectivity index (χ1n) is 6.71. The van der Waals surface area contributed by atoms with E-state index in [0.29, 0.717) is 17.4 Å². The molecule has 1 aromatic rings. The number of hydrogen-bond acceptors (Lipinski definition) is 3. The smallest absolute Gasteiger partial charge is 0.178 e. The molecule has 18 heavy (non-hydrogen) atoms. The third kappa shape index (κ3) is 3.25. The van der Waals surface area contributed by atoms with Crippen LogP contribution in [0.15, 0.2) is 29.2 Å². The Hall–Kier alpha value is -1.03. The minimum Gasteiger partial charge on any atom is -0.382 e. The Morgan fingerprint density at radius 3 is 2.33 bits per heavy atom. The summed E-state index contributed by atoms with van der Waals surface area (Å²) in [7, 11) is -3.08. The van der Waals surface area contributed by atoms with Crippen molar-refractivity contribution in [3.05, 3.63) is 24.3 Å². The van der Waals surface area contributed by atoms with E-state index in [1.807, 2.05) is 19.1 Å². The van der Waals surface area contributed by atoms with Crippen LogP contribution in [0, 0.1) is 0 Å². The molecule has 100 valence electrons. The second-order valence-corrected chi connectivity index (χ2v) is 7.08. The Kier molecular flexibility index (Phi) is 4.27. The lowest BCUT2D eigenvalue weighted by Gasteiger charge is -2.13. The highest BCUT2D eigenvalue weighted by Gasteiger charge is 2.15. The molecule has 1 aliphatic carbocycles. The summed E-state index contributed by atoms with van der Waals surface area (Å²) in [4.78, 5) is 0.432. The SMILES string of the molecule is CCCS(=O)(=O)c1ccc(NC2CCCC2)cc1. The molecule has 3 nitrogen and oxygen atoms in total. The number of sulfone groups is 1. The van der Waals surface area contributed by atoms with Crippen LogP contribution in [-0.4, -0.2) is 20.2 Å². The van der Waals surface area contributed by atoms with Gasteiger partial charge in [-0.1, -0.05) is 19.8 Å². The van der Waals surface area contributed by atoms with Crippen molar-refractivity contribution in [3.63, 3.8) is 0 Å². The highest BCUT2D eigenvalue weighted by Crippen LogP contribution is 2.23. The maximum atomic E-state index is 11.9. The Bertz CT molecular complexity index is 473. The van der Waals surface area contributed by atoms with Gasteiger partial charge in [-0.05, 0) is 43.5 Å². The van der Waals surface area contributed by atoms with Gasteiger partial charge in [0.05, 0.1) is 10.6 Å². The first kappa shape index (κ1) is 13.4. The van der Waals surface area contributed by atoms with Gasteiger partial charge in [-0.15, -0.1) is 0 Å². The fourth-order valence-corrected chi connectivity index (χ4v) is 3.77. The van der Waals surface area contributed by atoms with Crippen LogP contribution in [0.5, 0.6) is 0 Å². The van der Waals surface area contributed by atoms with E-state index in [2.05, 4.69) is 5.32 Å². The largest absolute Gasteiger partial charge is 0.382 e. The molecule has 0 radical (unpaired) electrons. The lowest BCUT2D eigenvalue weighted by atomic mass is 10.2.